The van der Waals surface area contributed by atoms with Gasteiger partial charge in [0.25, 0.3) is 0 Å². The van der Waals surface area contributed by atoms with Crippen LogP contribution in [0.2, 0.25) is 0 Å². The van der Waals surface area contributed by atoms with Gasteiger partial charge in [0.2, 0.25) is 0 Å². The molecule has 1 aliphatic rings. The molecule has 0 aromatic rings. The number of rotatable bonds is 1. The molecule has 0 aromatic heterocycles. The molecule has 1 rings (SSSR count). The Morgan fingerprint density at radius 3 is 2.65 bits per heavy atom. The number of amides is 1. The Labute approximate surface area is 116 Å². The Bertz CT molecular complexity index is 373. The summed E-state index contributed by atoms with van der Waals surface area (Å²) in [6, 6.07) is -0.685. The van der Waals surface area contributed by atoms with Gasteiger partial charge in [0.1, 0.15) is 0 Å². The van der Waals surface area contributed by atoms with Crippen LogP contribution in [0.25, 0.3) is 0 Å². The lowest BCUT2D eigenvalue weighted by Crippen LogP contribution is -2.49. The minimum absolute atomic E-state index is 0.0161. The highest BCUT2D eigenvalue weighted by molar-refractivity contribution is 5.82. The summed E-state index contributed by atoms with van der Waals surface area (Å²) in [5.74, 6) is 3.50. The first-order chi connectivity index (χ1) is 9.46. The van der Waals surface area contributed by atoms with E-state index in [1.807, 2.05) is 0 Å². The van der Waals surface area contributed by atoms with Gasteiger partial charge in [0.15, 0.2) is 0 Å². The van der Waals surface area contributed by atoms with Crippen LogP contribution in [-0.2, 0) is 14.3 Å². The van der Waals surface area contributed by atoms with Crippen molar-refractivity contribution in [1.29, 1.82) is 0 Å². The average molecular weight is 293 g/mol. The summed E-state index contributed by atoms with van der Waals surface area (Å²) in [7, 11) is 0. The molecule has 1 aliphatic heterocycles. The molecule has 7 heteroatoms. The first-order valence-electron chi connectivity index (χ1n) is 6.39. The largest absolute Gasteiger partial charge is 0.471 e. The van der Waals surface area contributed by atoms with Crippen LogP contribution in [-0.4, -0.2) is 56.0 Å². The number of ether oxygens (including phenoxy) is 2. The number of hydrogen-bond donors (Lipinski definition) is 0. The third kappa shape index (κ3) is 5.39. The second-order valence-electron chi connectivity index (χ2n) is 4.32. The van der Waals surface area contributed by atoms with Crippen LogP contribution in [0.1, 0.15) is 19.8 Å². The summed E-state index contributed by atoms with van der Waals surface area (Å²) in [6.45, 7) is 2.61. The molecule has 0 aromatic carbocycles. The van der Waals surface area contributed by atoms with E-state index in [0.29, 0.717) is 26.2 Å². The van der Waals surface area contributed by atoms with Crippen molar-refractivity contribution in [3.63, 3.8) is 0 Å². The van der Waals surface area contributed by atoms with Crippen LogP contribution in [0, 0.1) is 11.8 Å². The van der Waals surface area contributed by atoms with Gasteiger partial charge in [-0.15, -0.1) is 11.8 Å². The molecule has 20 heavy (non-hydrogen) atoms. The molecule has 0 spiro atoms. The minimum atomic E-state index is -4.89. The van der Waals surface area contributed by atoms with Crippen molar-refractivity contribution in [2.45, 2.75) is 32.0 Å². The lowest BCUT2D eigenvalue weighted by molar-refractivity contribution is -0.189. The van der Waals surface area contributed by atoms with Crippen molar-refractivity contribution in [2.75, 3.05) is 33.0 Å². The Kier molecular flexibility index (Phi) is 6.82. The molecule has 1 heterocycles. The van der Waals surface area contributed by atoms with Crippen molar-refractivity contribution in [1.82, 2.24) is 4.90 Å². The fraction of sp³-hybridized carbons (Fsp3) is 0.769. The maximum absolute atomic E-state index is 12.6. The van der Waals surface area contributed by atoms with Gasteiger partial charge in [-0.25, -0.2) is 0 Å². The Balaban J connectivity index is 2.85. The maximum Gasteiger partial charge on any atom is 0.471 e. The van der Waals surface area contributed by atoms with Crippen LogP contribution in [0.15, 0.2) is 0 Å². The highest BCUT2D eigenvalue weighted by Gasteiger charge is 2.44. The van der Waals surface area contributed by atoms with E-state index in [4.69, 9.17) is 9.47 Å². The smallest absolute Gasteiger partial charge is 0.379 e. The van der Waals surface area contributed by atoms with Gasteiger partial charge in [0, 0.05) is 19.6 Å². The van der Waals surface area contributed by atoms with Crippen molar-refractivity contribution in [2.24, 2.45) is 0 Å². The Morgan fingerprint density at radius 1 is 1.30 bits per heavy atom. The van der Waals surface area contributed by atoms with Crippen molar-refractivity contribution >= 4 is 5.91 Å². The lowest BCUT2D eigenvalue weighted by atomic mass is 10.1. The molecule has 1 fully saturated rings. The predicted molar refractivity (Wildman–Crippen MR) is 65.9 cm³/mol. The van der Waals surface area contributed by atoms with Gasteiger partial charge in [0.05, 0.1) is 25.9 Å². The van der Waals surface area contributed by atoms with Gasteiger partial charge in [-0.3, -0.25) is 4.79 Å². The molecular formula is C13H18F3NO3. The van der Waals surface area contributed by atoms with E-state index in [9.17, 15) is 18.0 Å². The van der Waals surface area contributed by atoms with Crippen LogP contribution in [0.4, 0.5) is 13.2 Å². The van der Waals surface area contributed by atoms with Gasteiger partial charge in [-0.1, -0.05) is 0 Å². The lowest BCUT2D eigenvalue weighted by Gasteiger charge is -2.32. The summed E-state index contributed by atoms with van der Waals surface area (Å²) < 4.78 is 48.4. The first-order valence-corrected chi connectivity index (χ1v) is 6.39. The van der Waals surface area contributed by atoms with Gasteiger partial charge in [-0.2, -0.15) is 13.2 Å². The summed E-state index contributed by atoms with van der Waals surface area (Å²) in [6.07, 6.45) is -4.36. The van der Waals surface area contributed by atoms with Gasteiger partial charge in [-0.05, 0) is 13.3 Å². The number of hydrogen-bond acceptors (Lipinski definition) is 3. The predicted octanol–water partition coefficient (Wildman–Crippen LogP) is 1.60. The van der Waals surface area contributed by atoms with Crippen molar-refractivity contribution in [3.8, 4) is 11.8 Å². The zero-order chi connectivity index (χ0) is 15.0. The van der Waals surface area contributed by atoms with Crippen LogP contribution in [0.5, 0.6) is 0 Å². The standard InChI is InChI=1S/C13H18F3NO3/c1-2-3-5-11-10-20-9-8-19-7-4-6-17(11)12(18)13(14,15)16/h11H,4-10H2,1H3. The third-order valence-corrected chi connectivity index (χ3v) is 2.83. The van der Waals surface area contributed by atoms with Gasteiger partial charge < -0.3 is 14.4 Å². The zero-order valence-electron chi connectivity index (χ0n) is 11.3. The van der Waals surface area contributed by atoms with E-state index in [0.717, 1.165) is 4.90 Å². The second kappa shape index (κ2) is 8.12. The third-order valence-electron chi connectivity index (χ3n) is 2.83. The van der Waals surface area contributed by atoms with E-state index in [1.54, 1.807) is 6.92 Å². The topological polar surface area (TPSA) is 38.8 Å². The molecule has 114 valence electrons. The Morgan fingerprint density at radius 2 is 2.00 bits per heavy atom. The van der Waals surface area contributed by atoms with Crippen LogP contribution >= 0.6 is 0 Å². The maximum atomic E-state index is 12.6. The number of carbonyl (C=O) groups is 1. The normalized spacial score (nSPS) is 21.8. The SMILES string of the molecule is CC#CCC1COCCOCCCN1C(=O)C(F)(F)F. The number of carbonyl (C=O) groups excluding carboxylic acids is 1. The molecule has 0 aliphatic carbocycles. The molecule has 1 amide bonds. The molecule has 0 N–H and O–H groups in total. The molecule has 0 bridgehead atoms. The van der Waals surface area contributed by atoms with Crippen molar-refractivity contribution in [3.05, 3.63) is 0 Å². The number of alkyl halides is 3. The molecule has 4 nitrogen and oxygen atoms in total. The summed E-state index contributed by atoms with van der Waals surface area (Å²) in [4.78, 5) is 12.3. The summed E-state index contributed by atoms with van der Waals surface area (Å²) >= 11 is 0. The number of nitrogens with zero attached hydrogens (tertiary/aromatic N) is 1. The molecule has 1 saturated heterocycles. The van der Waals surface area contributed by atoms with Gasteiger partial charge >= 0.3 is 12.1 Å². The highest BCUT2D eigenvalue weighted by Crippen LogP contribution is 2.21. The monoisotopic (exact) mass is 293 g/mol. The second-order valence-corrected chi connectivity index (χ2v) is 4.32. The molecule has 1 atom stereocenters. The molecule has 0 radical (unpaired) electrons. The van der Waals surface area contributed by atoms with E-state index >= 15 is 0 Å². The number of halogens is 3. The van der Waals surface area contributed by atoms with Crippen LogP contribution < -0.4 is 0 Å². The fourth-order valence-corrected chi connectivity index (χ4v) is 1.87. The first kappa shape index (κ1) is 16.8. The zero-order valence-corrected chi connectivity index (χ0v) is 11.3. The summed E-state index contributed by atoms with van der Waals surface area (Å²) in [5.41, 5.74) is 0. The molecule has 1 unspecified atom stereocenters. The fourth-order valence-electron chi connectivity index (χ4n) is 1.87. The van der Waals surface area contributed by atoms with E-state index in [1.165, 1.54) is 0 Å². The minimum Gasteiger partial charge on any atom is -0.379 e. The van der Waals surface area contributed by atoms with E-state index in [-0.39, 0.29) is 19.6 Å². The van der Waals surface area contributed by atoms with Crippen molar-refractivity contribution < 1.29 is 27.4 Å². The van der Waals surface area contributed by atoms with E-state index in [2.05, 4.69) is 11.8 Å². The Hall–Kier alpha value is -1.26. The average Bonchev–Trinajstić information content (AvgIpc) is 2.40. The molecular weight excluding hydrogens is 275 g/mol. The molecule has 0 saturated carbocycles. The van der Waals surface area contributed by atoms with E-state index < -0.39 is 18.1 Å². The summed E-state index contributed by atoms with van der Waals surface area (Å²) in [5, 5.41) is 0. The quantitative estimate of drug-likeness (QED) is 0.689. The van der Waals surface area contributed by atoms with Crippen LogP contribution in [0.3, 0.4) is 0 Å². The highest BCUT2D eigenvalue weighted by atomic mass is 19.4.